The predicted octanol–water partition coefficient (Wildman–Crippen LogP) is 3.02. The third-order valence-corrected chi connectivity index (χ3v) is 7.32. The van der Waals surface area contributed by atoms with E-state index in [1.165, 1.54) is 17.8 Å². The van der Waals surface area contributed by atoms with Gasteiger partial charge in [-0.1, -0.05) is 13.3 Å². The van der Waals surface area contributed by atoms with Crippen LogP contribution in [0.5, 0.6) is 0 Å². The van der Waals surface area contributed by atoms with Crippen molar-refractivity contribution in [3.8, 4) is 0 Å². The Balaban J connectivity index is 2.10. The lowest BCUT2D eigenvalue weighted by molar-refractivity contribution is 0.306. The highest BCUT2D eigenvalue weighted by Gasteiger charge is 2.28. The van der Waals surface area contributed by atoms with Crippen LogP contribution in [-0.4, -0.2) is 21.5 Å². The first-order valence-electron chi connectivity index (χ1n) is 7.71. The van der Waals surface area contributed by atoms with E-state index >= 15 is 0 Å². The van der Waals surface area contributed by atoms with Gasteiger partial charge in [-0.3, -0.25) is 0 Å². The molecular formula is C15H26N2O2S2. The molecule has 1 aliphatic rings. The van der Waals surface area contributed by atoms with Crippen LogP contribution in [-0.2, 0) is 16.6 Å². The minimum Gasteiger partial charge on any atom is -0.315 e. The second-order valence-electron chi connectivity index (χ2n) is 5.95. The van der Waals surface area contributed by atoms with Gasteiger partial charge in [-0.2, -0.15) is 0 Å². The molecule has 0 amide bonds. The van der Waals surface area contributed by atoms with Crippen molar-refractivity contribution in [1.82, 2.24) is 10.0 Å². The van der Waals surface area contributed by atoms with Gasteiger partial charge in [0.1, 0.15) is 4.90 Å². The van der Waals surface area contributed by atoms with Crippen molar-refractivity contribution >= 4 is 21.4 Å². The van der Waals surface area contributed by atoms with Crippen LogP contribution in [0.25, 0.3) is 0 Å². The Morgan fingerprint density at radius 2 is 1.95 bits per heavy atom. The van der Waals surface area contributed by atoms with E-state index in [9.17, 15) is 8.42 Å². The summed E-state index contributed by atoms with van der Waals surface area (Å²) in [4.78, 5) is 1.38. The minimum atomic E-state index is -3.40. The molecule has 6 heteroatoms. The molecule has 1 heterocycles. The molecule has 0 spiro atoms. The second-order valence-corrected chi connectivity index (χ2v) is 8.56. The highest BCUT2D eigenvalue weighted by molar-refractivity contribution is 7.89. The molecule has 1 fully saturated rings. The molecule has 0 bridgehead atoms. The van der Waals surface area contributed by atoms with Crippen LogP contribution in [0.1, 0.15) is 49.5 Å². The minimum absolute atomic E-state index is 0.0968. The largest absolute Gasteiger partial charge is 0.315 e. The molecule has 2 N–H and O–H groups in total. The molecule has 0 saturated heterocycles. The Kier molecular flexibility index (Phi) is 5.82. The summed E-state index contributed by atoms with van der Waals surface area (Å²) in [6, 6.07) is 0.0968. The lowest BCUT2D eigenvalue weighted by Crippen LogP contribution is -2.38. The first-order valence-corrected chi connectivity index (χ1v) is 10.1. The Hall–Kier alpha value is -0.430. The highest BCUT2D eigenvalue weighted by atomic mass is 32.2. The van der Waals surface area contributed by atoms with Crippen LogP contribution >= 0.6 is 11.3 Å². The number of rotatable bonds is 6. The van der Waals surface area contributed by atoms with Gasteiger partial charge >= 0.3 is 0 Å². The molecule has 120 valence electrons. The third-order valence-electron chi connectivity index (χ3n) is 4.34. The van der Waals surface area contributed by atoms with Crippen LogP contribution in [0.2, 0.25) is 0 Å². The predicted molar refractivity (Wildman–Crippen MR) is 88.2 cm³/mol. The summed E-state index contributed by atoms with van der Waals surface area (Å²) in [6.45, 7) is 4.68. The van der Waals surface area contributed by atoms with Crippen molar-refractivity contribution in [1.29, 1.82) is 0 Å². The number of thiophene rings is 1. The summed E-state index contributed by atoms with van der Waals surface area (Å²) in [5.74, 6) is 0.772. The van der Waals surface area contributed by atoms with Crippen LogP contribution in [0, 0.1) is 12.8 Å². The Labute approximate surface area is 132 Å². The molecule has 0 atom stereocenters. The molecule has 4 nitrogen and oxygen atoms in total. The maximum atomic E-state index is 12.7. The monoisotopic (exact) mass is 330 g/mol. The fourth-order valence-corrected chi connectivity index (χ4v) is 6.23. The van der Waals surface area contributed by atoms with Crippen LogP contribution in [0.15, 0.2) is 10.3 Å². The SMILES string of the molecule is CCC1CCC(NS(=O)(=O)c2c(C)csc2CNC)CC1. The van der Waals surface area contributed by atoms with Gasteiger partial charge in [0.15, 0.2) is 0 Å². The van der Waals surface area contributed by atoms with Gasteiger partial charge in [-0.05, 0) is 56.5 Å². The molecule has 1 aromatic heterocycles. The Morgan fingerprint density at radius 3 is 2.52 bits per heavy atom. The summed E-state index contributed by atoms with van der Waals surface area (Å²) < 4.78 is 28.3. The van der Waals surface area contributed by atoms with Gasteiger partial charge in [-0.25, -0.2) is 13.1 Å². The lowest BCUT2D eigenvalue weighted by Gasteiger charge is -2.28. The van der Waals surface area contributed by atoms with Crippen molar-refractivity contribution in [2.45, 2.75) is 63.4 Å². The van der Waals surface area contributed by atoms with E-state index in [0.717, 1.165) is 42.0 Å². The Bertz CT molecular complexity index is 558. The third kappa shape index (κ3) is 4.06. The number of nitrogens with one attached hydrogen (secondary N) is 2. The van der Waals surface area contributed by atoms with E-state index in [-0.39, 0.29) is 6.04 Å². The van der Waals surface area contributed by atoms with Crippen molar-refractivity contribution < 1.29 is 8.42 Å². The van der Waals surface area contributed by atoms with Crippen LogP contribution < -0.4 is 10.0 Å². The summed E-state index contributed by atoms with van der Waals surface area (Å²) in [5.41, 5.74) is 0.847. The van der Waals surface area contributed by atoms with Gasteiger partial charge in [0.2, 0.25) is 10.0 Å². The summed E-state index contributed by atoms with van der Waals surface area (Å²) in [6.07, 6.45) is 5.39. The fraction of sp³-hybridized carbons (Fsp3) is 0.733. The maximum Gasteiger partial charge on any atom is 0.242 e. The average molecular weight is 331 g/mol. The topological polar surface area (TPSA) is 58.2 Å². The maximum absolute atomic E-state index is 12.7. The van der Waals surface area contributed by atoms with Crippen molar-refractivity contribution in [3.63, 3.8) is 0 Å². The van der Waals surface area contributed by atoms with E-state index in [1.54, 1.807) is 0 Å². The number of hydrogen-bond acceptors (Lipinski definition) is 4. The normalized spacial score (nSPS) is 23.4. The van der Waals surface area contributed by atoms with Crippen LogP contribution in [0.4, 0.5) is 0 Å². The average Bonchev–Trinajstić information content (AvgIpc) is 2.81. The Morgan fingerprint density at radius 1 is 1.29 bits per heavy atom. The summed E-state index contributed by atoms with van der Waals surface area (Å²) in [7, 11) is -1.57. The number of hydrogen-bond donors (Lipinski definition) is 2. The van der Waals surface area contributed by atoms with Gasteiger partial charge in [0.25, 0.3) is 0 Å². The molecule has 2 rings (SSSR count). The van der Waals surface area contributed by atoms with Crippen molar-refractivity contribution in [3.05, 3.63) is 15.8 Å². The van der Waals surface area contributed by atoms with Gasteiger partial charge in [0.05, 0.1) is 0 Å². The highest BCUT2D eigenvalue weighted by Crippen LogP contribution is 2.30. The van der Waals surface area contributed by atoms with E-state index in [2.05, 4.69) is 17.0 Å². The van der Waals surface area contributed by atoms with Crippen molar-refractivity contribution in [2.75, 3.05) is 7.05 Å². The molecular weight excluding hydrogens is 304 g/mol. The first-order chi connectivity index (χ1) is 9.97. The second kappa shape index (κ2) is 7.22. The van der Waals surface area contributed by atoms with Gasteiger partial charge in [0, 0.05) is 17.5 Å². The smallest absolute Gasteiger partial charge is 0.242 e. The molecule has 1 saturated carbocycles. The number of sulfonamides is 1. The molecule has 0 aromatic carbocycles. The lowest BCUT2D eigenvalue weighted by atomic mass is 9.85. The zero-order valence-electron chi connectivity index (χ0n) is 13.1. The van der Waals surface area contributed by atoms with E-state index in [4.69, 9.17) is 0 Å². The summed E-state index contributed by atoms with van der Waals surface area (Å²) in [5, 5.41) is 4.97. The zero-order valence-corrected chi connectivity index (χ0v) is 14.7. The van der Waals surface area contributed by atoms with Crippen molar-refractivity contribution in [2.24, 2.45) is 5.92 Å². The molecule has 0 unspecified atom stereocenters. The molecule has 21 heavy (non-hydrogen) atoms. The quantitative estimate of drug-likeness (QED) is 0.843. The molecule has 1 aliphatic carbocycles. The molecule has 0 aliphatic heterocycles. The van der Waals surface area contributed by atoms with E-state index in [1.807, 2.05) is 19.4 Å². The van der Waals surface area contributed by atoms with Crippen LogP contribution in [0.3, 0.4) is 0 Å². The zero-order chi connectivity index (χ0) is 15.5. The van der Waals surface area contributed by atoms with E-state index in [0.29, 0.717) is 11.4 Å². The fourth-order valence-electron chi connectivity index (χ4n) is 3.10. The molecule has 0 radical (unpaired) electrons. The summed E-state index contributed by atoms with van der Waals surface area (Å²) >= 11 is 1.51. The molecule has 1 aromatic rings. The van der Waals surface area contributed by atoms with Gasteiger partial charge in [-0.15, -0.1) is 11.3 Å². The standard InChI is InChI=1S/C15H26N2O2S2/c1-4-12-5-7-13(8-6-12)17-21(18,19)15-11(2)10-20-14(15)9-16-3/h10,12-13,16-17H,4-9H2,1-3H3. The number of aryl methyl sites for hydroxylation is 1. The van der Waals surface area contributed by atoms with E-state index < -0.39 is 10.0 Å². The first kappa shape index (κ1) is 16.9. The van der Waals surface area contributed by atoms with Gasteiger partial charge < -0.3 is 5.32 Å².